The van der Waals surface area contributed by atoms with Gasteiger partial charge in [0.1, 0.15) is 5.75 Å². The van der Waals surface area contributed by atoms with Gasteiger partial charge in [0.05, 0.1) is 6.42 Å². The van der Waals surface area contributed by atoms with E-state index < -0.39 is 5.97 Å². The number of aromatic hydroxyl groups is 1. The van der Waals surface area contributed by atoms with Gasteiger partial charge in [-0.3, -0.25) is 4.79 Å². The van der Waals surface area contributed by atoms with Crippen LogP contribution in [0, 0.1) is 6.92 Å². The molecule has 1 aliphatic heterocycles. The summed E-state index contributed by atoms with van der Waals surface area (Å²) in [6.45, 7) is 3.95. The van der Waals surface area contributed by atoms with Crippen LogP contribution in [0.4, 0.5) is 0 Å². The molecule has 2 heterocycles. The normalized spacial score (nSPS) is 16.4. The first-order valence-electron chi connectivity index (χ1n) is 7.33. The number of carboxylic acids is 1. The van der Waals surface area contributed by atoms with Crippen LogP contribution in [0.5, 0.6) is 5.75 Å². The van der Waals surface area contributed by atoms with Crippen molar-refractivity contribution in [1.29, 1.82) is 0 Å². The number of aliphatic carboxylic acids is 1. The third kappa shape index (κ3) is 2.49. The predicted octanol–water partition coefficient (Wildman–Crippen LogP) is 2.21. The molecule has 0 atom stereocenters. The van der Waals surface area contributed by atoms with Gasteiger partial charge in [-0.1, -0.05) is 0 Å². The smallest absolute Gasteiger partial charge is 0.307 e. The minimum atomic E-state index is -0.842. The molecule has 1 fully saturated rings. The van der Waals surface area contributed by atoms with Gasteiger partial charge in [-0.05, 0) is 56.6 Å². The van der Waals surface area contributed by atoms with Crippen molar-refractivity contribution in [2.75, 3.05) is 13.1 Å². The van der Waals surface area contributed by atoms with Gasteiger partial charge >= 0.3 is 5.97 Å². The molecule has 0 saturated carbocycles. The van der Waals surface area contributed by atoms with Gasteiger partial charge in [0, 0.05) is 22.6 Å². The Morgan fingerprint density at radius 1 is 1.38 bits per heavy atom. The average molecular weight is 288 g/mol. The summed E-state index contributed by atoms with van der Waals surface area (Å²) in [4.78, 5) is 11.2. The maximum absolute atomic E-state index is 11.2. The van der Waals surface area contributed by atoms with Crippen LogP contribution in [0.3, 0.4) is 0 Å². The van der Waals surface area contributed by atoms with Crippen LogP contribution in [0.1, 0.15) is 30.1 Å². The minimum absolute atomic E-state index is 0.0102. The highest BCUT2D eigenvalue weighted by Crippen LogP contribution is 2.34. The number of carbonyl (C=O) groups is 1. The number of hydrogen-bond donors (Lipinski definition) is 3. The quantitative estimate of drug-likeness (QED) is 0.809. The summed E-state index contributed by atoms with van der Waals surface area (Å²) < 4.78 is 2.26. The summed E-state index contributed by atoms with van der Waals surface area (Å²) in [6, 6.07) is 5.63. The fourth-order valence-corrected chi connectivity index (χ4v) is 3.41. The number of piperidine rings is 1. The Morgan fingerprint density at radius 3 is 2.76 bits per heavy atom. The lowest BCUT2D eigenvalue weighted by molar-refractivity contribution is -0.136. The first-order chi connectivity index (χ1) is 10.1. The molecule has 2 aromatic rings. The second kappa shape index (κ2) is 5.41. The zero-order chi connectivity index (χ0) is 15.0. The molecule has 1 saturated heterocycles. The van der Waals surface area contributed by atoms with Gasteiger partial charge in [-0.15, -0.1) is 0 Å². The van der Waals surface area contributed by atoms with E-state index in [4.69, 9.17) is 5.11 Å². The predicted molar refractivity (Wildman–Crippen MR) is 80.8 cm³/mol. The Morgan fingerprint density at radius 2 is 2.10 bits per heavy atom. The Balaban J connectivity index is 2.18. The maximum Gasteiger partial charge on any atom is 0.307 e. The van der Waals surface area contributed by atoms with Gasteiger partial charge in [0.2, 0.25) is 0 Å². The number of fused-ring (bicyclic) bond motifs is 1. The molecule has 0 unspecified atom stereocenters. The first kappa shape index (κ1) is 13.9. The second-order valence-corrected chi connectivity index (χ2v) is 5.69. The minimum Gasteiger partial charge on any atom is -0.508 e. The Hall–Kier alpha value is -2.01. The van der Waals surface area contributed by atoms with Crippen LogP contribution >= 0.6 is 0 Å². The van der Waals surface area contributed by atoms with Crippen LogP contribution in [0.25, 0.3) is 10.9 Å². The first-order valence-corrected chi connectivity index (χ1v) is 7.33. The molecular weight excluding hydrogens is 268 g/mol. The third-order valence-corrected chi connectivity index (χ3v) is 4.36. The number of aromatic nitrogens is 1. The second-order valence-electron chi connectivity index (χ2n) is 5.69. The van der Waals surface area contributed by atoms with Crippen LogP contribution in [0.2, 0.25) is 0 Å². The zero-order valence-electron chi connectivity index (χ0n) is 12.1. The molecule has 1 aromatic heterocycles. The van der Waals surface area contributed by atoms with Crippen LogP contribution in [0.15, 0.2) is 18.2 Å². The van der Waals surface area contributed by atoms with E-state index in [1.54, 1.807) is 12.1 Å². The molecule has 0 radical (unpaired) electrons. The highest BCUT2D eigenvalue weighted by Gasteiger charge is 2.23. The lowest BCUT2D eigenvalue weighted by Crippen LogP contribution is -2.29. The Labute approximate surface area is 123 Å². The maximum atomic E-state index is 11.2. The highest BCUT2D eigenvalue weighted by atomic mass is 16.4. The summed E-state index contributed by atoms with van der Waals surface area (Å²) >= 11 is 0. The third-order valence-electron chi connectivity index (χ3n) is 4.36. The van der Waals surface area contributed by atoms with E-state index in [0.29, 0.717) is 6.04 Å². The van der Waals surface area contributed by atoms with Crippen LogP contribution < -0.4 is 5.32 Å². The van der Waals surface area contributed by atoms with Crippen molar-refractivity contribution < 1.29 is 15.0 Å². The molecule has 112 valence electrons. The molecule has 1 aliphatic rings. The van der Waals surface area contributed by atoms with Crippen LogP contribution in [-0.4, -0.2) is 33.8 Å². The summed E-state index contributed by atoms with van der Waals surface area (Å²) in [5.41, 5.74) is 2.84. The van der Waals surface area contributed by atoms with E-state index in [-0.39, 0.29) is 12.2 Å². The molecule has 0 amide bonds. The molecule has 5 nitrogen and oxygen atoms in total. The van der Waals surface area contributed by atoms with Gasteiger partial charge < -0.3 is 20.1 Å². The summed E-state index contributed by atoms with van der Waals surface area (Å²) in [5, 5.41) is 23.1. The van der Waals surface area contributed by atoms with E-state index in [2.05, 4.69) is 9.88 Å². The van der Waals surface area contributed by atoms with Gasteiger partial charge in [-0.2, -0.15) is 0 Å². The van der Waals surface area contributed by atoms with Crippen molar-refractivity contribution in [1.82, 2.24) is 9.88 Å². The largest absolute Gasteiger partial charge is 0.508 e. The van der Waals surface area contributed by atoms with Crippen molar-refractivity contribution in [3.63, 3.8) is 0 Å². The molecule has 0 bridgehead atoms. The Kier molecular flexibility index (Phi) is 3.59. The molecule has 21 heavy (non-hydrogen) atoms. The number of hydrogen-bond acceptors (Lipinski definition) is 3. The number of phenols is 1. The van der Waals surface area contributed by atoms with Crippen molar-refractivity contribution in [2.24, 2.45) is 0 Å². The topological polar surface area (TPSA) is 74.5 Å². The monoisotopic (exact) mass is 288 g/mol. The van der Waals surface area contributed by atoms with E-state index in [1.165, 1.54) is 0 Å². The lowest BCUT2D eigenvalue weighted by Gasteiger charge is -2.26. The van der Waals surface area contributed by atoms with Crippen LogP contribution in [-0.2, 0) is 11.2 Å². The fourth-order valence-electron chi connectivity index (χ4n) is 3.41. The lowest BCUT2D eigenvalue weighted by atomic mass is 10.1. The summed E-state index contributed by atoms with van der Waals surface area (Å²) in [7, 11) is 0. The number of rotatable bonds is 3. The molecule has 1 aromatic carbocycles. The number of nitrogens with zero attached hydrogens (tertiary/aromatic N) is 1. The zero-order valence-corrected chi connectivity index (χ0v) is 12.1. The fraction of sp³-hybridized carbons (Fsp3) is 0.438. The van der Waals surface area contributed by atoms with Gasteiger partial charge in [-0.25, -0.2) is 0 Å². The number of phenolic OH excluding ortho intramolecular Hbond substituents is 1. The molecule has 5 heteroatoms. The number of nitrogens with one attached hydrogen (secondary N) is 1. The van der Waals surface area contributed by atoms with Crippen molar-refractivity contribution in [3.05, 3.63) is 29.5 Å². The van der Waals surface area contributed by atoms with E-state index in [9.17, 15) is 9.90 Å². The van der Waals surface area contributed by atoms with E-state index in [1.807, 2.05) is 13.0 Å². The van der Waals surface area contributed by atoms with Crippen molar-refractivity contribution in [2.45, 2.75) is 32.2 Å². The van der Waals surface area contributed by atoms with Gasteiger partial charge in [0.15, 0.2) is 0 Å². The molecule has 0 aliphatic carbocycles. The summed E-state index contributed by atoms with van der Waals surface area (Å²) in [6.07, 6.45) is 2.07. The number of carboxylic acid groups (broad SMARTS) is 1. The SMILES string of the molecule is Cc1c(CC(=O)O)c2cc(O)ccc2n1C1CCNCC1. The van der Waals surface area contributed by atoms with Gasteiger partial charge in [0.25, 0.3) is 0 Å². The molecule has 3 rings (SSSR count). The molecule has 0 spiro atoms. The average Bonchev–Trinajstić information content (AvgIpc) is 2.72. The standard InChI is InChI=1S/C16H20N2O3/c1-10-13(9-16(20)21)14-8-12(19)2-3-15(14)18(10)11-4-6-17-7-5-11/h2-3,8,11,17,19H,4-7,9H2,1H3,(H,20,21). The highest BCUT2D eigenvalue weighted by molar-refractivity contribution is 5.90. The summed E-state index contributed by atoms with van der Waals surface area (Å²) in [5.74, 6) is -0.664. The van der Waals surface area contributed by atoms with Crippen molar-refractivity contribution >= 4 is 16.9 Å². The number of benzene rings is 1. The molecule has 3 N–H and O–H groups in total. The van der Waals surface area contributed by atoms with Crippen molar-refractivity contribution in [3.8, 4) is 5.75 Å². The van der Waals surface area contributed by atoms with E-state index in [0.717, 1.165) is 48.1 Å². The molecular formula is C16H20N2O3. The van der Waals surface area contributed by atoms with E-state index >= 15 is 0 Å². The Bertz CT molecular complexity index is 684.